The molecule has 0 aromatic heterocycles. The van der Waals surface area contributed by atoms with Crippen LogP contribution in [0, 0.1) is 0 Å². The highest BCUT2D eigenvalue weighted by Crippen LogP contribution is 2.31. The van der Waals surface area contributed by atoms with Crippen LogP contribution >= 0.6 is 15.9 Å². The molecule has 102 valence electrons. The van der Waals surface area contributed by atoms with Gasteiger partial charge in [-0.05, 0) is 40.4 Å². The van der Waals surface area contributed by atoms with E-state index in [-0.39, 0.29) is 11.8 Å². The normalized spacial score (nSPS) is 13.4. The van der Waals surface area contributed by atoms with Crippen molar-refractivity contribution < 1.29 is 17.9 Å². The highest BCUT2D eigenvalue weighted by atomic mass is 79.9. The van der Waals surface area contributed by atoms with Gasteiger partial charge in [0.05, 0.1) is 4.47 Å². The van der Waals surface area contributed by atoms with Gasteiger partial charge in [0.1, 0.15) is 5.75 Å². The van der Waals surface area contributed by atoms with Crippen molar-refractivity contribution in [2.45, 2.75) is 32.0 Å². The molecule has 1 rings (SSSR count). The first kappa shape index (κ1) is 15.3. The molecule has 2 nitrogen and oxygen atoms in total. The van der Waals surface area contributed by atoms with Gasteiger partial charge in [0.25, 0.3) is 0 Å². The van der Waals surface area contributed by atoms with Crippen LogP contribution in [0.1, 0.15) is 18.9 Å². The van der Waals surface area contributed by atoms with Crippen LogP contribution in [-0.2, 0) is 6.42 Å². The Morgan fingerprint density at radius 1 is 1.39 bits per heavy atom. The summed E-state index contributed by atoms with van der Waals surface area (Å²) in [7, 11) is 0. The lowest BCUT2D eigenvalue weighted by molar-refractivity contribution is -0.153. The topological polar surface area (TPSA) is 35.2 Å². The van der Waals surface area contributed by atoms with Crippen molar-refractivity contribution in [1.82, 2.24) is 0 Å². The first-order valence-corrected chi connectivity index (χ1v) is 6.35. The molecule has 0 aliphatic rings. The zero-order chi connectivity index (χ0) is 13.8. The first-order valence-electron chi connectivity index (χ1n) is 5.56. The van der Waals surface area contributed by atoms with Gasteiger partial charge in [-0.1, -0.05) is 19.1 Å². The Bertz CT molecular complexity index is 395. The first-order chi connectivity index (χ1) is 8.33. The number of benzene rings is 1. The zero-order valence-corrected chi connectivity index (χ0v) is 11.5. The SMILES string of the molecule is CCC(N)Cc1cccc(Br)c1OCC(F)(F)F. The van der Waals surface area contributed by atoms with E-state index in [1.54, 1.807) is 18.2 Å². The van der Waals surface area contributed by atoms with Crippen LogP contribution in [0.5, 0.6) is 5.75 Å². The van der Waals surface area contributed by atoms with E-state index >= 15 is 0 Å². The second-order valence-corrected chi connectivity index (χ2v) is 4.86. The standard InChI is InChI=1S/C12H15BrF3NO/c1-2-9(17)6-8-4-3-5-10(13)11(8)18-7-12(14,15)16/h3-5,9H,2,6-7,17H2,1H3. The van der Waals surface area contributed by atoms with Gasteiger partial charge in [0.2, 0.25) is 0 Å². The highest BCUT2D eigenvalue weighted by molar-refractivity contribution is 9.10. The summed E-state index contributed by atoms with van der Waals surface area (Å²) in [5, 5.41) is 0. The number of hydrogen-bond donors (Lipinski definition) is 1. The minimum atomic E-state index is -4.35. The highest BCUT2D eigenvalue weighted by Gasteiger charge is 2.29. The number of ether oxygens (including phenoxy) is 1. The van der Waals surface area contributed by atoms with Crippen LogP contribution in [0.3, 0.4) is 0 Å². The quantitative estimate of drug-likeness (QED) is 0.896. The van der Waals surface area contributed by atoms with E-state index in [1.807, 2.05) is 6.92 Å². The molecule has 0 bridgehead atoms. The third kappa shape index (κ3) is 4.86. The van der Waals surface area contributed by atoms with E-state index in [4.69, 9.17) is 10.5 Å². The number of nitrogens with two attached hydrogens (primary N) is 1. The summed E-state index contributed by atoms with van der Waals surface area (Å²) in [6.45, 7) is 0.628. The molecule has 1 aromatic rings. The van der Waals surface area contributed by atoms with Gasteiger partial charge in [0, 0.05) is 6.04 Å². The van der Waals surface area contributed by atoms with E-state index in [1.165, 1.54) is 0 Å². The Morgan fingerprint density at radius 2 is 2.06 bits per heavy atom. The molecule has 1 unspecified atom stereocenters. The fourth-order valence-corrected chi connectivity index (χ4v) is 1.98. The number of rotatable bonds is 5. The second kappa shape index (κ2) is 6.43. The summed E-state index contributed by atoms with van der Waals surface area (Å²) in [6, 6.07) is 5.04. The minimum absolute atomic E-state index is 0.0902. The fourth-order valence-electron chi connectivity index (χ4n) is 1.46. The van der Waals surface area contributed by atoms with Crippen LogP contribution in [-0.4, -0.2) is 18.8 Å². The van der Waals surface area contributed by atoms with E-state index in [0.29, 0.717) is 16.5 Å². The van der Waals surface area contributed by atoms with Crippen LogP contribution in [0.15, 0.2) is 22.7 Å². The molecular formula is C12H15BrF3NO. The van der Waals surface area contributed by atoms with E-state index in [9.17, 15) is 13.2 Å². The maximum atomic E-state index is 12.2. The Kier molecular flexibility index (Phi) is 5.47. The monoisotopic (exact) mass is 325 g/mol. The molecule has 6 heteroatoms. The number of alkyl halides is 3. The molecule has 0 aliphatic carbocycles. The number of hydrogen-bond acceptors (Lipinski definition) is 2. The summed E-state index contributed by atoms with van der Waals surface area (Å²) in [6.07, 6.45) is -3.10. The Hall–Kier alpha value is -0.750. The smallest absolute Gasteiger partial charge is 0.422 e. The molecule has 0 saturated carbocycles. The van der Waals surface area contributed by atoms with Gasteiger partial charge in [-0.3, -0.25) is 0 Å². The zero-order valence-electron chi connectivity index (χ0n) is 9.93. The molecule has 0 spiro atoms. The summed E-state index contributed by atoms with van der Waals surface area (Å²) in [5.74, 6) is 0.221. The summed E-state index contributed by atoms with van der Waals surface area (Å²) >= 11 is 3.19. The maximum absolute atomic E-state index is 12.2. The third-order valence-electron chi connectivity index (χ3n) is 2.44. The predicted molar refractivity (Wildman–Crippen MR) is 67.7 cm³/mol. The molecule has 0 heterocycles. The molecule has 1 aromatic carbocycles. The summed E-state index contributed by atoms with van der Waals surface area (Å²) in [4.78, 5) is 0. The van der Waals surface area contributed by atoms with Gasteiger partial charge in [0.15, 0.2) is 6.61 Å². The average Bonchev–Trinajstić information content (AvgIpc) is 2.26. The molecule has 18 heavy (non-hydrogen) atoms. The van der Waals surface area contributed by atoms with E-state index in [0.717, 1.165) is 6.42 Å². The molecule has 0 aliphatic heterocycles. The van der Waals surface area contributed by atoms with Crippen LogP contribution in [0.25, 0.3) is 0 Å². The molecule has 0 amide bonds. The van der Waals surface area contributed by atoms with Gasteiger partial charge < -0.3 is 10.5 Å². The second-order valence-electron chi connectivity index (χ2n) is 4.00. The van der Waals surface area contributed by atoms with Gasteiger partial charge in [-0.25, -0.2) is 0 Å². The van der Waals surface area contributed by atoms with Crippen LogP contribution in [0.4, 0.5) is 13.2 Å². The van der Waals surface area contributed by atoms with Crippen molar-refractivity contribution in [3.05, 3.63) is 28.2 Å². The van der Waals surface area contributed by atoms with Crippen molar-refractivity contribution in [3.63, 3.8) is 0 Å². The van der Waals surface area contributed by atoms with Gasteiger partial charge in [-0.15, -0.1) is 0 Å². The van der Waals surface area contributed by atoms with Crippen molar-refractivity contribution in [3.8, 4) is 5.75 Å². The average molecular weight is 326 g/mol. The van der Waals surface area contributed by atoms with Crippen molar-refractivity contribution in [2.75, 3.05) is 6.61 Å². The fraction of sp³-hybridized carbons (Fsp3) is 0.500. The van der Waals surface area contributed by atoms with Gasteiger partial charge in [-0.2, -0.15) is 13.2 Å². The molecular weight excluding hydrogens is 311 g/mol. The summed E-state index contributed by atoms with van der Waals surface area (Å²) in [5.41, 5.74) is 6.50. The lowest BCUT2D eigenvalue weighted by Crippen LogP contribution is -2.23. The largest absolute Gasteiger partial charge is 0.483 e. The molecule has 0 radical (unpaired) electrons. The van der Waals surface area contributed by atoms with Crippen molar-refractivity contribution in [2.24, 2.45) is 5.73 Å². The van der Waals surface area contributed by atoms with Crippen molar-refractivity contribution >= 4 is 15.9 Å². The minimum Gasteiger partial charge on any atom is -0.483 e. The lowest BCUT2D eigenvalue weighted by atomic mass is 10.0. The predicted octanol–water partition coefficient (Wildman–Crippen LogP) is 3.67. The Morgan fingerprint density at radius 3 is 2.61 bits per heavy atom. The van der Waals surface area contributed by atoms with Gasteiger partial charge >= 0.3 is 6.18 Å². The third-order valence-corrected chi connectivity index (χ3v) is 3.06. The van der Waals surface area contributed by atoms with E-state index in [2.05, 4.69) is 15.9 Å². The van der Waals surface area contributed by atoms with Crippen LogP contribution in [0.2, 0.25) is 0 Å². The number of halogens is 4. The van der Waals surface area contributed by atoms with Crippen molar-refractivity contribution in [1.29, 1.82) is 0 Å². The maximum Gasteiger partial charge on any atom is 0.422 e. The Labute approximate surface area is 112 Å². The molecule has 1 atom stereocenters. The van der Waals surface area contributed by atoms with E-state index < -0.39 is 12.8 Å². The van der Waals surface area contributed by atoms with Crippen LogP contribution < -0.4 is 10.5 Å². The number of para-hydroxylation sites is 1. The Balaban J connectivity index is 2.87. The summed E-state index contributed by atoms with van der Waals surface area (Å²) < 4.78 is 41.9. The lowest BCUT2D eigenvalue weighted by Gasteiger charge is -2.16. The molecule has 0 saturated heterocycles. The molecule has 0 fully saturated rings. The molecule has 2 N–H and O–H groups in total.